The molecular weight excluding hydrogens is 111 g/mol. The van der Waals surface area contributed by atoms with Gasteiger partial charge in [0, 0.05) is 0 Å². The smallest absolute Gasteiger partial charge is 0.203 e. The minimum absolute atomic E-state index is 0.797. The Bertz CT molecular complexity index is 57.8. The van der Waals surface area contributed by atoms with E-state index in [0.717, 1.165) is 15.8 Å². The summed E-state index contributed by atoms with van der Waals surface area (Å²) in [5.41, 5.74) is 0. The molecule has 0 aromatic rings. The summed E-state index contributed by atoms with van der Waals surface area (Å²) in [6, 6.07) is 0. The van der Waals surface area contributed by atoms with Crippen LogP contribution >= 0.6 is 9.24 Å². The fourth-order valence-corrected chi connectivity index (χ4v) is 0.966. The third-order valence-corrected chi connectivity index (χ3v) is 0.676. The molecule has 0 saturated heterocycles. The molecule has 0 saturated carbocycles. The molecule has 0 aromatic heterocycles. The Balaban J connectivity index is 3.14. The summed E-state index contributed by atoms with van der Waals surface area (Å²) in [6.45, 7) is 1.97. The first kappa shape index (κ1) is 6.19. The molecule has 0 aliphatic rings. The van der Waals surface area contributed by atoms with Crippen molar-refractivity contribution < 1.29 is 4.43 Å². The van der Waals surface area contributed by atoms with Gasteiger partial charge in [-0.15, -0.1) is 9.24 Å². The second kappa shape index (κ2) is 3.38. The maximum Gasteiger partial charge on any atom is 0.203 e. The molecule has 3 heteroatoms. The highest BCUT2D eigenvalue weighted by atomic mass is 31.0. The average molecular weight is 120 g/mol. The van der Waals surface area contributed by atoms with Gasteiger partial charge >= 0.3 is 0 Å². The first-order valence-corrected chi connectivity index (χ1v) is 3.12. The average Bonchev–Trinajstić information content (AvgIpc) is 1.35. The molecule has 0 N–H and O–H groups in total. The van der Waals surface area contributed by atoms with Gasteiger partial charge in [0.25, 0.3) is 0 Å². The fourth-order valence-electron chi connectivity index (χ4n) is 0.186. The Morgan fingerprint density at radius 1 is 2.00 bits per heavy atom. The second-order valence-electron chi connectivity index (χ2n) is 1.10. The molecule has 0 aliphatic carbocycles. The molecule has 36 valence electrons. The lowest BCUT2D eigenvalue weighted by Gasteiger charge is -1.86. The molecule has 0 bridgehead atoms. The van der Waals surface area contributed by atoms with Gasteiger partial charge in [-0.25, -0.2) is 0 Å². The monoisotopic (exact) mass is 120 g/mol. The Labute approximate surface area is 43.5 Å². The van der Waals surface area contributed by atoms with Gasteiger partial charge in [0.2, 0.25) is 10.5 Å². The van der Waals surface area contributed by atoms with Crippen LogP contribution in [0.3, 0.4) is 0 Å². The van der Waals surface area contributed by atoms with Crippen LogP contribution in [0.25, 0.3) is 0 Å². The minimum atomic E-state index is 0.797. The molecule has 0 aliphatic heterocycles. The Morgan fingerprint density at radius 3 is 2.50 bits per heavy atom. The second-order valence-corrected chi connectivity index (χ2v) is 2.48. The topological polar surface area (TPSA) is 9.23 Å². The molecule has 0 amide bonds. The molecule has 1 unspecified atom stereocenters. The van der Waals surface area contributed by atoms with Crippen LogP contribution in [0, 0.1) is 0 Å². The number of hydrogen-bond acceptors (Lipinski definition) is 1. The van der Waals surface area contributed by atoms with Crippen molar-refractivity contribution in [1.82, 2.24) is 0 Å². The highest BCUT2D eigenvalue weighted by molar-refractivity contribution is 7.22. The quantitative estimate of drug-likeness (QED) is 0.269. The maximum absolute atomic E-state index is 4.76. The van der Waals surface area contributed by atoms with E-state index in [1.165, 1.54) is 0 Å². The summed E-state index contributed by atoms with van der Waals surface area (Å²) >= 11 is 0. The number of rotatable bonds is 1. The lowest BCUT2D eigenvalue weighted by atomic mass is 10.7. The van der Waals surface area contributed by atoms with Gasteiger partial charge < -0.3 is 4.43 Å². The van der Waals surface area contributed by atoms with Crippen molar-refractivity contribution in [2.45, 2.75) is 6.92 Å². The van der Waals surface area contributed by atoms with E-state index in [1.807, 2.05) is 6.92 Å². The summed E-state index contributed by atoms with van der Waals surface area (Å²) < 4.78 is 4.76. The third kappa shape index (κ3) is 4.19. The minimum Gasteiger partial charge on any atom is -0.558 e. The van der Waals surface area contributed by atoms with E-state index in [9.17, 15) is 0 Å². The summed E-state index contributed by atoms with van der Waals surface area (Å²) in [4.78, 5) is 0. The summed E-state index contributed by atoms with van der Waals surface area (Å²) in [6.07, 6.45) is 1.73. The van der Waals surface area contributed by atoms with Crippen LogP contribution in [-0.2, 0) is 4.43 Å². The van der Waals surface area contributed by atoms with Gasteiger partial charge in [-0.3, -0.25) is 0 Å². The van der Waals surface area contributed by atoms with E-state index in [2.05, 4.69) is 9.24 Å². The molecule has 1 atom stereocenters. The lowest BCUT2D eigenvalue weighted by Crippen LogP contribution is -1.66. The third-order valence-electron chi connectivity index (χ3n) is 0.304. The van der Waals surface area contributed by atoms with Gasteiger partial charge in [-0.2, -0.15) is 0 Å². The van der Waals surface area contributed by atoms with E-state index in [-0.39, 0.29) is 0 Å². The normalized spacial score (nSPS) is 12.0. The van der Waals surface area contributed by atoms with Crippen molar-refractivity contribution in [3.63, 3.8) is 0 Å². The number of hydrogen-bond donors (Lipinski definition) is 0. The van der Waals surface area contributed by atoms with Gasteiger partial charge in [0.05, 0.1) is 6.26 Å². The van der Waals surface area contributed by atoms with Gasteiger partial charge in [-0.1, -0.05) is 0 Å². The predicted molar refractivity (Wildman–Crippen MR) is 34.5 cm³/mol. The van der Waals surface area contributed by atoms with Gasteiger partial charge in [0.15, 0.2) is 0 Å². The van der Waals surface area contributed by atoms with Crippen LogP contribution in [0.2, 0.25) is 0 Å². The van der Waals surface area contributed by atoms with E-state index in [4.69, 9.17) is 4.43 Å². The van der Waals surface area contributed by atoms with Gasteiger partial charge in [-0.05, 0) is 12.2 Å². The van der Waals surface area contributed by atoms with Crippen molar-refractivity contribution in [3.8, 4) is 0 Å². The van der Waals surface area contributed by atoms with Crippen molar-refractivity contribution in [1.29, 1.82) is 0 Å². The van der Waals surface area contributed by atoms with E-state index < -0.39 is 0 Å². The van der Waals surface area contributed by atoms with Crippen molar-refractivity contribution in [2.24, 2.45) is 0 Å². The predicted octanol–water partition coefficient (Wildman–Crippen LogP) is 0.0198. The molecule has 0 aromatic carbocycles. The van der Waals surface area contributed by atoms with E-state index in [1.54, 1.807) is 6.26 Å². The van der Waals surface area contributed by atoms with Crippen molar-refractivity contribution >= 4 is 19.7 Å². The van der Waals surface area contributed by atoms with Crippen LogP contribution in [-0.4, -0.2) is 10.5 Å². The Morgan fingerprint density at radius 2 is 2.50 bits per heavy atom. The molecule has 0 rings (SSSR count). The van der Waals surface area contributed by atoms with E-state index >= 15 is 0 Å². The van der Waals surface area contributed by atoms with E-state index in [0.29, 0.717) is 0 Å². The highest BCUT2D eigenvalue weighted by Gasteiger charge is 1.66. The van der Waals surface area contributed by atoms with Crippen molar-refractivity contribution in [2.75, 3.05) is 0 Å². The van der Waals surface area contributed by atoms with Crippen LogP contribution in [0.5, 0.6) is 0 Å². The van der Waals surface area contributed by atoms with Crippen LogP contribution in [0.4, 0.5) is 0 Å². The zero-order valence-electron chi connectivity index (χ0n) is 4.06. The lowest BCUT2D eigenvalue weighted by molar-refractivity contribution is 0.532. The standard InChI is InChI=1S/C3H9OPSi/c1-3(5)2-4-6/h2H,5H2,1,6H3. The van der Waals surface area contributed by atoms with Crippen LogP contribution in [0.1, 0.15) is 6.92 Å². The highest BCUT2D eigenvalue weighted by Crippen LogP contribution is 1.99. The molecule has 6 heavy (non-hydrogen) atoms. The van der Waals surface area contributed by atoms with Crippen LogP contribution in [0.15, 0.2) is 11.6 Å². The zero-order valence-corrected chi connectivity index (χ0v) is 7.22. The summed E-state index contributed by atoms with van der Waals surface area (Å²) in [7, 11) is 3.33. The van der Waals surface area contributed by atoms with Crippen molar-refractivity contribution in [3.05, 3.63) is 11.6 Å². The molecule has 0 heterocycles. The maximum atomic E-state index is 4.76. The molecule has 0 fully saturated rings. The zero-order chi connectivity index (χ0) is 4.99. The summed E-state index contributed by atoms with van der Waals surface area (Å²) in [5, 5.41) is 1.14. The molecule has 0 radical (unpaired) electrons. The molecule has 0 spiro atoms. The van der Waals surface area contributed by atoms with Crippen LogP contribution < -0.4 is 0 Å². The SMILES string of the molecule is CC(P)=CO[SiH3]. The molecule has 1 nitrogen and oxygen atoms in total. The first-order valence-electron chi connectivity index (χ1n) is 1.72. The number of allylic oxidation sites excluding steroid dienone is 1. The first-order chi connectivity index (χ1) is 2.77. The largest absolute Gasteiger partial charge is 0.558 e. The summed E-state index contributed by atoms with van der Waals surface area (Å²) in [5.74, 6) is 0. The van der Waals surface area contributed by atoms with Gasteiger partial charge in [0.1, 0.15) is 0 Å². The Kier molecular flexibility index (Phi) is 3.48. The Hall–Kier alpha value is 0.187. The fraction of sp³-hybridized carbons (Fsp3) is 0.333. The molecular formula is C3H9OPSi.